The Bertz CT molecular complexity index is 654. The van der Waals surface area contributed by atoms with E-state index >= 15 is 0 Å². The van der Waals surface area contributed by atoms with Crippen LogP contribution in [0.1, 0.15) is 20.3 Å². The van der Waals surface area contributed by atoms with Crippen molar-refractivity contribution >= 4 is 22.8 Å². The molecule has 7 nitrogen and oxygen atoms in total. The van der Waals surface area contributed by atoms with Crippen LogP contribution in [0.3, 0.4) is 0 Å². The van der Waals surface area contributed by atoms with Crippen LogP contribution in [0.15, 0.2) is 18.2 Å². The number of likely N-dealkylation sites (tertiary alicyclic amines) is 1. The van der Waals surface area contributed by atoms with Gasteiger partial charge in [0.25, 0.3) is 0 Å². The van der Waals surface area contributed by atoms with Crippen LogP contribution in [-0.2, 0) is 4.74 Å². The number of carbonyl (C=O) groups excluding carboxylic acids is 1. The van der Waals surface area contributed by atoms with Gasteiger partial charge in [-0.3, -0.25) is 0 Å². The minimum absolute atomic E-state index is 0.0986. The molecule has 7 heteroatoms. The molecule has 1 saturated heterocycles. The number of carbonyl (C=O) groups is 1. The van der Waals surface area contributed by atoms with Crippen LogP contribution in [-0.4, -0.2) is 52.1 Å². The second-order valence-electron chi connectivity index (χ2n) is 6.04. The standard InChI is InChI=1S/C15H21N5O2/c1-10(2)9-22-12-5-6-20(8-12)15(21)16-11-3-4-13-14(7-11)18-19-17-13/h3-4,7,10,12H,5-6,8-9H2,1-2H3,(H,16,21)(H,17,18,19). The quantitative estimate of drug-likeness (QED) is 0.907. The molecule has 1 atom stereocenters. The lowest BCUT2D eigenvalue weighted by molar-refractivity contribution is 0.0440. The number of amides is 2. The molecule has 1 aromatic heterocycles. The van der Waals surface area contributed by atoms with E-state index < -0.39 is 0 Å². The van der Waals surface area contributed by atoms with Gasteiger partial charge in [-0.25, -0.2) is 4.79 Å². The summed E-state index contributed by atoms with van der Waals surface area (Å²) in [5.41, 5.74) is 2.23. The molecule has 2 aromatic rings. The van der Waals surface area contributed by atoms with Gasteiger partial charge in [-0.05, 0) is 30.5 Å². The van der Waals surface area contributed by atoms with Crippen LogP contribution in [0, 0.1) is 5.92 Å². The summed E-state index contributed by atoms with van der Waals surface area (Å²) in [5.74, 6) is 0.511. The fraction of sp³-hybridized carbons (Fsp3) is 0.533. The zero-order chi connectivity index (χ0) is 15.5. The summed E-state index contributed by atoms with van der Waals surface area (Å²) in [6.07, 6.45) is 1.04. The van der Waals surface area contributed by atoms with Crippen molar-refractivity contribution in [2.45, 2.75) is 26.4 Å². The van der Waals surface area contributed by atoms with E-state index in [1.54, 1.807) is 11.0 Å². The molecule has 0 bridgehead atoms. The second kappa shape index (κ2) is 6.31. The molecular formula is C15H21N5O2. The zero-order valence-electron chi connectivity index (χ0n) is 12.9. The number of hydrogen-bond donors (Lipinski definition) is 2. The van der Waals surface area contributed by atoms with Crippen LogP contribution in [0.5, 0.6) is 0 Å². The molecule has 2 heterocycles. The van der Waals surface area contributed by atoms with Gasteiger partial charge in [-0.1, -0.05) is 13.8 Å². The van der Waals surface area contributed by atoms with Crippen molar-refractivity contribution in [2.75, 3.05) is 25.0 Å². The Balaban J connectivity index is 1.55. The Morgan fingerprint density at radius 1 is 1.45 bits per heavy atom. The van der Waals surface area contributed by atoms with Crippen LogP contribution in [0.25, 0.3) is 11.0 Å². The Morgan fingerprint density at radius 2 is 2.27 bits per heavy atom. The van der Waals surface area contributed by atoms with Crippen molar-refractivity contribution in [1.82, 2.24) is 20.3 Å². The van der Waals surface area contributed by atoms with Gasteiger partial charge in [0, 0.05) is 25.4 Å². The van der Waals surface area contributed by atoms with Crippen LogP contribution in [0.2, 0.25) is 0 Å². The maximum Gasteiger partial charge on any atom is 0.321 e. The Labute approximate surface area is 129 Å². The van der Waals surface area contributed by atoms with E-state index in [4.69, 9.17) is 4.74 Å². The smallest absolute Gasteiger partial charge is 0.321 e. The maximum absolute atomic E-state index is 12.3. The van der Waals surface area contributed by atoms with Crippen molar-refractivity contribution in [2.24, 2.45) is 5.92 Å². The van der Waals surface area contributed by atoms with Gasteiger partial charge in [0.15, 0.2) is 0 Å². The van der Waals surface area contributed by atoms with Gasteiger partial charge >= 0.3 is 6.03 Å². The lowest BCUT2D eigenvalue weighted by Gasteiger charge is -2.18. The van der Waals surface area contributed by atoms with E-state index in [-0.39, 0.29) is 12.1 Å². The monoisotopic (exact) mass is 303 g/mol. The highest BCUT2D eigenvalue weighted by atomic mass is 16.5. The van der Waals surface area contributed by atoms with Crippen molar-refractivity contribution in [3.8, 4) is 0 Å². The van der Waals surface area contributed by atoms with Crippen LogP contribution >= 0.6 is 0 Å². The molecule has 0 saturated carbocycles. The molecule has 118 valence electrons. The Morgan fingerprint density at radius 3 is 3.09 bits per heavy atom. The molecule has 3 rings (SSSR count). The third kappa shape index (κ3) is 3.36. The fourth-order valence-electron chi connectivity index (χ4n) is 2.50. The summed E-state index contributed by atoms with van der Waals surface area (Å²) in [7, 11) is 0. The molecule has 1 aliphatic rings. The highest BCUT2D eigenvalue weighted by Crippen LogP contribution is 2.18. The third-order valence-electron chi connectivity index (χ3n) is 3.67. The average molecular weight is 303 g/mol. The lowest BCUT2D eigenvalue weighted by atomic mass is 10.2. The average Bonchev–Trinajstić information content (AvgIpc) is 3.13. The van der Waals surface area contributed by atoms with Gasteiger partial charge in [-0.2, -0.15) is 15.4 Å². The first kappa shape index (κ1) is 14.8. The van der Waals surface area contributed by atoms with Crippen LogP contribution < -0.4 is 5.32 Å². The summed E-state index contributed by atoms with van der Waals surface area (Å²) in [6.45, 7) is 6.35. The van der Waals surface area contributed by atoms with E-state index in [1.165, 1.54) is 0 Å². The molecule has 22 heavy (non-hydrogen) atoms. The number of rotatable bonds is 4. The van der Waals surface area contributed by atoms with Crippen molar-refractivity contribution < 1.29 is 9.53 Å². The Hall–Kier alpha value is -2.15. The SMILES string of the molecule is CC(C)COC1CCN(C(=O)Nc2ccc3n[nH]nc3c2)C1. The van der Waals surface area contributed by atoms with Gasteiger partial charge in [0.05, 0.1) is 6.10 Å². The van der Waals surface area contributed by atoms with Crippen LogP contribution in [0.4, 0.5) is 10.5 Å². The summed E-state index contributed by atoms with van der Waals surface area (Å²) in [4.78, 5) is 14.1. The number of ether oxygens (including phenoxy) is 1. The molecule has 1 aromatic carbocycles. The second-order valence-corrected chi connectivity index (χ2v) is 6.04. The van der Waals surface area contributed by atoms with Crippen molar-refractivity contribution in [3.63, 3.8) is 0 Å². The number of nitrogens with one attached hydrogen (secondary N) is 2. The Kier molecular flexibility index (Phi) is 4.24. The van der Waals surface area contributed by atoms with E-state index in [0.29, 0.717) is 12.5 Å². The number of benzene rings is 1. The minimum atomic E-state index is -0.0986. The molecule has 1 aliphatic heterocycles. The molecule has 0 radical (unpaired) electrons. The fourth-order valence-corrected chi connectivity index (χ4v) is 2.50. The lowest BCUT2D eigenvalue weighted by Crippen LogP contribution is -2.34. The first-order valence-electron chi connectivity index (χ1n) is 7.60. The van der Waals surface area contributed by atoms with Gasteiger partial charge in [0.1, 0.15) is 11.0 Å². The predicted molar refractivity (Wildman–Crippen MR) is 83.7 cm³/mol. The molecule has 0 aliphatic carbocycles. The third-order valence-corrected chi connectivity index (χ3v) is 3.67. The van der Waals surface area contributed by atoms with E-state index in [0.717, 1.165) is 36.3 Å². The number of H-pyrrole nitrogens is 1. The number of anilines is 1. The molecule has 1 fully saturated rings. The summed E-state index contributed by atoms with van der Waals surface area (Å²) in [5, 5.41) is 13.5. The number of aromatic amines is 1. The van der Waals surface area contributed by atoms with Gasteiger partial charge in [0.2, 0.25) is 0 Å². The normalized spacial score (nSPS) is 18.3. The molecule has 1 unspecified atom stereocenters. The minimum Gasteiger partial charge on any atom is -0.376 e. The maximum atomic E-state index is 12.3. The number of aromatic nitrogens is 3. The summed E-state index contributed by atoms with van der Waals surface area (Å²) >= 11 is 0. The molecule has 2 amide bonds. The topological polar surface area (TPSA) is 83.1 Å². The highest BCUT2D eigenvalue weighted by Gasteiger charge is 2.27. The number of fused-ring (bicyclic) bond motifs is 1. The molecule has 2 N–H and O–H groups in total. The first-order chi connectivity index (χ1) is 10.6. The van der Waals surface area contributed by atoms with E-state index in [9.17, 15) is 4.79 Å². The highest BCUT2D eigenvalue weighted by molar-refractivity contribution is 5.91. The molecule has 0 spiro atoms. The van der Waals surface area contributed by atoms with E-state index in [1.807, 2.05) is 12.1 Å². The van der Waals surface area contributed by atoms with Crippen molar-refractivity contribution in [1.29, 1.82) is 0 Å². The number of nitrogens with zero attached hydrogens (tertiary/aromatic N) is 3. The summed E-state index contributed by atoms with van der Waals surface area (Å²) < 4.78 is 5.80. The molecular weight excluding hydrogens is 282 g/mol. The van der Waals surface area contributed by atoms with Crippen molar-refractivity contribution in [3.05, 3.63) is 18.2 Å². The zero-order valence-corrected chi connectivity index (χ0v) is 12.9. The number of urea groups is 1. The summed E-state index contributed by atoms with van der Waals surface area (Å²) in [6, 6.07) is 5.36. The number of hydrogen-bond acceptors (Lipinski definition) is 4. The predicted octanol–water partition coefficient (Wildman–Crippen LogP) is 2.24. The van der Waals surface area contributed by atoms with E-state index in [2.05, 4.69) is 34.6 Å². The largest absolute Gasteiger partial charge is 0.376 e. The van der Waals surface area contributed by atoms with Gasteiger partial charge < -0.3 is 15.0 Å². The first-order valence-corrected chi connectivity index (χ1v) is 7.60. The van der Waals surface area contributed by atoms with Gasteiger partial charge in [-0.15, -0.1) is 0 Å².